The fourth-order valence-corrected chi connectivity index (χ4v) is 1.90. The number of hydrogen-bond donors (Lipinski definition) is 2. The highest BCUT2D eigenvalue weighted by Crippen LogP contribution is 2.09. The van der Waals surface area contributed by atoms with Crippen LogP contribution in [0.5, 0.6) is 0 Å². The first-order valence-corrected chi connectivity index (χ1v) is 5.31. The van der Waals surface area contributed by atoms with Gasteiger partial charge >= 0.3 is 0 Å². The first-order chi connectivity index (χ1) is 6.86. The summed E-state index contributed by atoms with van der Waals surface area (Å²) >= 11 is 0. The van der Waals surface area contributed by atoms with Crippen molar-refractivity contribution in [2.75, 3.05) is 18.4 Å². The molecule has 0 spiro atoms. The quantitative estimate of drug-likeness (QED) is 0.750. The third-order valence-corrected chi connectivity index (χ3v) is 2.76. The Morgan fingerprint density at radius 2 is 2.64 bits per heavy atom. The van der Waals surface area contributed by atoms with Crippen LogP contribution in [0, 0.1) is 0 Å². The van der Waals surface area contributed by atoms with Gasteiger partial charge in [0, 0.05) is 32.0 Å². The molecular formula is C10H18N4. The van der Waals surface area contributed by atoms with Crippen molar-refractivity contribution in [3.05, 3.63) is 12.4 Å². The van der Waals surface area contributed by atoms with E-state index in [0.29, 0.717) is 6.04 Å². The zero-order chi connectivity index (χ0) is 9.80. The predicted octanol–water partition coefficient (Wildman–Crippen LogP) is 0.974. The molecule has 0 aliphatic carbocycles. The van der Waals surface area contributed by atoms with Crippen molar-refractivity contribution in [1.29, 1.82) is 0 Å². The second-order valence-corrected chi connectivity index (χ2v) is 3.87. The Morgan fingerprint density at radius 3 is 3.29 bits per heavy atom. The van der Waals surface area contributed by atoms with E-state index >= 15 is 0 Å². The van der Waals surface area contributed by atoms with Gasteiger partial charge in [0.25, 0.3) is 0 Å². The minimum absolute atomic E-state index is 0.711. The third-order valence-electron chi connectivity index (χ3n) is 2.76. The molecule has 4 heteroatoms. The first kappa shape index (κ1) is 9.52. The predicted molar refractivity (Wildman–Crippen MR) is 57.3 cm³/mol. The van der Waals surface area contributed by atoms with Crippen LogP contribution in [0.25, 0.3) is 0 Å². The van der Waals surface area contributed by atoms with E-state index in [1.807, 2.05) is 24.0 Å². The normalized spacial score (nSPS) is 21.4. The summed E-state index contributed by atoms with van der Waals surface area (Å²) < 4.78 is 2.00. The summed E-state index contributed by atoms with van der Waals surface area (Å²) in [6, 6.07) is 0.711. The molecule has 14 heavy (non-hydrogen) atoms. The molecule has 2 rings (SSSR count). The molecule has 0 unspecified atom stereocenters. The van der Waals surface area contributed by atoms with E-state index in [-0.39, 0.29) is 0 Å². The van der Waals surface area contributed by atoms with Crippen molar-refractivity contribution in [1.82, 2.24) is 14.9 Å². The maximum Gasteiger partial charge on any atom is 0.202 e. The Morgan fingerprint density at radius 1 is 1.71 bits per heavy atom. The van der Waals surface area contributed by atoms with Crippen LogP contribution >= 0.6 is 0 Å². The number of nitrogens with zero attached hydrogens (tertiary/aromatic N) is 2. The van der Waals surface area contributed by atoms with Crippen molar-refractivity contribution < 1.29 is 0 Å². The van der Waals surface area contributed by atoms with Crippen molar-refractivity contribution in [2.24, 2.45) is 7.05 Å². The SMILES string of the molecule is Cn1ccnc1NCC[C@H]1CCCN1. The van der Waals surface area contributed by atoms with Gasteiger partial charge in [-0.3, -0.25) is 0 Å². The zero-order valence-electron chi connectivity index (χ0n) is 8.66. The molecule has 1 aromatic heterocycles. The van der Waals surface area contributed by atoms with Crippen LogP contribution in [-0.4, -0.2) is 28.7 Å². The highest BCUT2D eigenvalue weighted by Gasteiger charge is 2.12. The highest BCUT2D eigenvalue weighted by molar-refractivity contribution is 5.24. The molecule has 78 valence electrons. The average Bonchev–Trinajstić information content (AvgIpc) is 2.78. The van der Waals surface area contributed by atoms with E-state index in [9.17, 15) is 0 Å². The van der Waals surface area contributed by atoms with E-state index < -0.39 is 0 Å². The molecule has 1 aromatic rings. The molecule has 0 bridgehead atoms. The summed E-state index contributed by atoms with van der Waals surface area (Å²) in [5.41, 5.74) is 0. The molecule has 0 radical (unpaired) electrons. The van der Waals surface area contributed by atoms with Crippen molar-refractivity contribution in [2.45, 2.75) is 25.3 Å². The minimum atomic E-state index is 0.711. The standard InChI is InChI=1S/C10H18N4/c1-14-8-7-13-10(14)12-6-4-9-3-2-5-11-9/h7-9,11H,2-6H2,1H3,(H,12,13)/t9-/m1/s1. The lowest BCUT2D eigenvalue weighted by Gasteiger charge is -2.10. The lowest BCUT2D eigenvalue weighted by molar-refractivity contribution is 0.573. The zero-order valence-corrected chi connectivity index (χ0v) is 8.66. The summed E-state index contributed by atoms with van der Waals surface area (Å²) in [5.74, 6) is 0.961. The number of rotatable bonds is 4. The molecule has 0 saturated carbocycles. The summed E-state index contributed by atoms with van der Waals surface area (Å²) in [6.45, 7) is 2.19. The van der Waals surface area contributed by atoms with Crippen LogP contribution in [0.2, 0.25) is 0 Å². The first-order valence-electron chi connectivity index (χ1n) is 5.31. The van der Waals surface area contributed by atoms with Gasteiger partial charge in [-0.1, -0.05) is 0 Å². The van der Waals surface area contributed by atoms with Gasteiger partial charge in [-0.25, -0.2) is 4.98 Å². The average molecular weight is 194 g/mol. The Hall–Kier alpha value is -1.03. The van der Waals surface area contributed by atoms with Crippen LogP contribution in [0.3, 0.4) is 0 Å². The molecule has 1 aliphatic rings. The number of aromatic nitrogens is 2. The molecule has 1 fully saturated rings. The molecule has 2 heterocycles. The van der Waals surface area contributed by atoms with Crippen LogP contribution in [0.4, 0.5) is 5.95 Å². The fourth-order valence-electron chi connectivity index (χ4n) is 1.90. The molecule has 1 saturated heterocycles. The number of aryl methyl sites for hydroxylation is 1. The topological polar surface area (TPSA) is 41.9 Å². The van der Waals surface area contributed by atoms with Crippen molar-refractivity contribution in [3.63, 3.8) is 0 Å². The molecule has 1 atom stereocenters. The van der Waals surface area contributed by atoms with E-state index in [1.165, 1.54) is 25.8 Å². The number of anilines is 1. The van der Waals surface area contributed by atoms with E-state index in [4.69, 9.17) is 0 Å². The smallest absolute Gasteiger partial charge is 0.202 e. The largest absolute Gasteiger partial charge is 0.356 e. The Kier molecular flexibility index (Phi) is 3.03. The van der Waals surface area contributed by atoms with Gasteiger partial charge in [0.15, 0.2) is 0 Å². The van der Waals surface area contributed by atoms with Crippen molar-refractivity contribution in [3.8, 4) is 0 Å². The van der Waals surface area contributed by atoms with Gasteiger partial charge in [-0.15, -0.1) is 0 Å². The highest BCUT2D eigenvalue weighted by atomic mass is 15.2. The monoisotopic (exact) mass is 194 g/mol. The second-order valence-electron chi connectivity index (χ2n) is 3.87. The minimum Gasteiger partial charge on any atom is -0.356 e. The molecule has 0 amide bonds. The molecule has 4 nitrogen and oxygen atoms in total. The van der Waals surface area contributed by atoms with Gasteiger partial charge in [0.05, 0.1) is 0 Å². The molecule has 0 aromatic carbocycles. The van der Waals surface area contributed by atoms with E-state index in [2.05, 4.69) is 15.6 Å². The molecule has 1 aliphatic heterocycles. The van der Waals surface area contributed by atoms with Crippen LogP contribution in [0.1, 0.15) is 19.3 Å². The van der Waals surface area contributed by atoms with Crippen LogP contribution in [-0.2, 0) is 7.05 Å². The van der Waals surface area contributed by atoms with Gasteiger partial charge in [0.1, 0.15) is 0 Å². The maximum atomic E-state index is 4.21. The second kappa shape index (κ2) is 4.46. The van der Waals surface area contributed by atoms with E-state index in [1.54, 1.807) is 0 Å². The van der Waals surface area contributed by atoms with Crippen LogP contribution in [0.15, 0.2) is 12.4 Å². The van der Waals surface area contributed by atoms with Crippen molar-refractivity contribution >= 4 is 5.95 Å². The van der Waals surface area contributed by atoms with Gasteiger partial charge in [-0.05, 0) is 25.8 Å². The number of nitrogens with one attached hydrogen (secondary N) is 2. The fraction of sp³-hybridized carbons (Fsp3) is 0.700. The van der Waals surface area contributed by atoms with Crippen LogP contribution < -0.4 is 10.6 Å². The summed E-state index contributed by atoms with van der Waals surface area (Å²) in [5, 5.41) is 6.82. The lowest BCUT2D eigenvalue weighted by atomic mass is 10.1. The summed E-state index contributed by atoms with van der Waals surface area (Å²) in [6.07, 6.45) is 7.61. The maximum absolute atomic E-state index is 4.21. The number of hydrogen-bond acceptors (Lipinski definition) is 3. The van der Waals surface area contributed by atoms with Gasteiger partial charge in [0.2, 0.25) is 5.95 Å². The summed E-state index contributed by atoms with van der Waals surface area (Å²) in [7, 11) is 2.00. The van der Waals surface area contributed by atoms with Gasteiger partial charge in [-0.2, -0.15) is 0 Å². The third kappa shape index (κ3) is 2.26. The molecule has 2 N–H and O–H groups in total. The Bertz CT molecular complexity index is 275. The number of imidazole rings is 1. The Labute approximate surface area is 84.7 Å². The lowest BCUT2D eigenvalue weighted by Crippen LogP contribution is -2.24. The summed E-state index contributed by atoms with van der Waals surface area (Å²) in [4.78, 5) is 4.21. The van der Waals surface area contributed by atoms with Gasteiger partial charge < -0.3 is 15.2 Å². The molecular weight excluding hydrogens is 176 g/mol. The van der Waals surface area contributed by atoms with E-state index in [0.717, 1.165) is 12.5 Å². The Balaban J connectivity index is 1.70.